The highest BCUT2D eigenvalue weighted by Crippen LogP contribution is 1.67. The first-order chi connectivity index (χ1) is 4.73. The Morgan fingerprint density at radius 3 is 1.70 bits per heavy atom. The molecule has 3 heteroatoms. The SMILES string of the molecule is CC(C)[O].c1cncnc1. The zero-order valence-corrected chi connectivity index (χ0v) is 6.19. The zero-order chi connectivity index (χ0) is 7.82. The van der Waals surface area contributed by atoms with Crippen molar-refractivity contribution in [2.24, 2.45) is 0 Å². The van der Waals surface area contributed by atoms with Gasteiger partial charge in [-0.25, -0.2) is 15.1 Å². The third-order valence-corrected chi connectivity index (χ3v) is 0.478. The molecule has 0 aromatic carbocycles. The first-order valence-electron chi connectivity index (χ1n) is 3.09. The molecule has 0 aliphatic heterocycles. The average molecular weight is 139 g/mol. The van der Waals surface area contributed by atoms with Gasteiger partial charge < -0.3 is 0 Å². The van der Waals surface area contributed by atoms with Gasteiger partial charge in [0.15, 0.2) is 0 Å². The van der Waals surface area contributed by atoms with Gasteiger partial charge in [0, 0.05) is 12.4 Å². The topological polar surface area (TPSA) is 45.7 Å². The summed E-state index contributed by atoms with van der Waals surface area (Å²) in [4.78, 5) is 7.35. The minimum atomic E-state index is -0.417. The van der Waals surface area contributed by atoms with E-state index in [1.165, 1.54) is 6.33 Å². The number of hydrogen-bond acceptors (Lipinski definition) is 2. The molecule has 10 heavy (non-hydrogen) atoms. The Morgan fingerprint density at radius 1 is 1.20 bits per heavy atom. The number of rotatable bonds is 0. The fourth-order valence-corrected chi connectivity index (χ4v) is 0.253. The van der Waals surface area contributed by atoms with Crippen molar-refractivity contribution < 1.29 is 5.11 Å². The molecule has 1 heterocycles. The van der Waals surface area contributed by atoms with Gasteiger partial charge in [-0.15, -0.1) is 0 Å². The van der Waals surface area contributed by atoms with Gasteiger partial charge in [0.05, 0.1) is 6.10 Å². The lowest BCUT2D eigenvalue weighted by Crippen LogP contribution is -1.81. The molecule has 1 rings (SSSR count). The van der Waals surface area contributed by atoms with Crippen LogP contribution in [0.5, 0.6) is 0 Å². The van der Waals surface area contributed by atoms with Gasteiger partial charge in [-0.3, -0.25) is 0 Å². The molecule has 0 fully saturated rings. The van der Waals surface area contributed by atoms with Crippen LogP contribution in [0.2, 0.25) is 0 Å². The van der Waals surface area contributed by atoms with Crippen LogP contribution in [0.1, 0.15) is 13.8 Å². The van der Waals surface area contributed by atoms with Crippen LogP contribution in [0.15, 0.2) is 24.8 Å². The maximum Gasteiger partial charge on any atom is 0.115 e. The van der Waals surface area contributed by atoms with E-state index in [0.29, 0.717) is 0 Å². The largest absolute Gasteiger partial charge is 0.245 e. The normalized spacial score (nSPS) is 8.40. The summed E-state index contributed by atoms with van der Waals surface area (Å²) in [7, 11) is 0. The summed E-state index contributed by atoms with van der Waals surface area (Å²) >= 11 is 0. The van der Waals surface area contributed by atoms with E-state index in [2.05, 4.69) is 9.97 Å². The van der Waals surface area contributed by atoms with Crippen molar-refractivity contribution in [1.82, 2.24) is 9.97 Å². The molecule has 0 spiro atoms. The second kappa shape index (κ2) is 6.16. The quantitative estimate of drug-likeness (QED) is 0.543. The second-order valence-electron chi connectivity index (χ2n) is 1.95. The Hall–Kier alpha value is -0.960. The lowest BCUT2D eigenvalue weighted by atomic mass is 10.5. The van der Waals surface area contributed by atoms with Crippen molar-refractivity contribution >= 4 is 0 Å². The summed E-state index contributed by atoms with van der Waals surface area (Å²) < 4.78 is 0. The van der Waals surface area contributed by atoms with Crippen LogP contribution >= 0.6 is 0 Å². The lowest BCUT2D eigenvalue weighted by molar-refractivity contribution is 0.122. The third kappa shape index (κ3) is 10.1. The lowest BCUT2D eigenvalue weighted by Gasteiger charge is -1.74. The highest BCUT2D eigenvalue weighted by atomic mass is 16.3. The summed E-state index contributed by atoms with van der Waals surface area (Å²) in [6.07, 6.45) is 4.46. The Labute approximate surface area is 60.8 Å². The standard InChI is InChI=1S/C4H4N2.C3H7O/c1-2-5-4-6-3-1;1-3(2)4/h1-4H;3H,1-2H3. The monoisotopic (exact) mass is 139 g/mol. The molecular weight excluding hydrogens is 128 g/mol. The molecule has 0 aliphatic rings. The van der Waals surface area contributed by atoms with Crippen molar-refractivity contribution in [2.45, 2.75) is 20.0 Å². The molecule has 55 valence electrons. The van der Waals surface area contributed by atoms with Crippen molar-refractivity contribution in [3.05, 3.63) is 24.8 Å². The Morgan fingerprint density at radius 2 is 1.60 bits per heavy atom. The van der Waals surface area contributed by atoms with E-state index in [0.717, 1.165) is 0 Å². The van der Waals surface area contributed by atoms with E-state index < -0.39 is 6.10 Å². The van der Waals surface area contributed by atoms with E-state index >= 15 is 0 Å². The summed E-state index contributed by atoms with van der Waals surface area (Å²) in [5.41, 5.74) is 0. The summed E-state index contributed by atoms with van der Waals surface area (Å²) in [6.45, 7) is 3.22. The number of nitrogens with zero attached hydrogens (tertiary/aromatic N) is 2. The predicted molar refractivity (Wildman–Crippen MR) is 37.9 cm³/mol. The molecule has 0 atom stereocenters. The van der Waals surface area contributed by atoms with Crippen LogP contribution in [-0.2, 0) is 5.11 Å². The van der Waals surface area contributed by atoms with Crippen molar-refractivity contribution in [3.8, 4) is 0 Å². The van der Waals surface area contributed by atoms with Crippen LogP contribution in [-0.4, -0.2) is 16.1 Å². The van der Waals surface area contributed by atoms with Gasteiger partial charge >= 0.3 is 0 Å². The van der Waals surface area contributed by atoms with E-state index in [4.69, 9.17) is 0 Å². The summed E-state index contributed by atoms with van der Waals surface area (Å²) in [5.74, 6) is 0. The van der Waals surface area contributed by atoms with Gasteiger partial charge in [0.1, 0.15) is 6.33 Å². The van der Waals surface area contributed by atoms with E-state index in [1.807, 2.05) is 0 Å². The van der Waals surface area contributed by atoms with Crippen molar-refractivity contribution in [3.63, 3.8) is 0 Å². The number of aromatic nitrogens is 2. The summed E-state index contributed by atoms with van der Waals surface area (Å²) in [6, 6.07) is 1.78. The van der Waals surface area contributed by atoms with E-state index in [9.17, 15) is 5.11 Å². The van der Waals surface area contributed by atoms with Gasteiger partial charge in [0.25, 0.3) is 0 Å². The first-order valence-corrected chi connectivity index (χ1v) is 3.09. The van der Waals surface area contributed by atoms with E-state index in [1.54, 1.807) is 32.3 Å². The van der Waals surface area contributed by atoms with Crippen LogP contribution in [0.3, 0.4) is 0 Å². The average Bonchev–Trinajstić information content (AvgIpc) is 1.90. The van der Waals surface area contributed by atoms with E-state index in [-0.39, 0.29) is 0 Å². The maximum atomic E-state index is 9.53. The molecule has 0 saturated carbocycles. The van der Waals surface area contributed by atoms with Crippen LogP contribution in [0, 0.1) is 0 Å². The number of hydrogen-bond donors (Lipinski definition) is 0. The summed E-state index contributed by atoms with van der Waals surface area (Å²) in [5, 5.41) is 9.53. The first kappa shape index (κ1) is 9.04. The van der Waals surface area contributed by atoms with Crippen LogP contribution in [0.4, 0.5) is 0 Å². The van der Waals surface area contributed by atoms with Gasteiger partial charge in [-0.1, -0.05) is 0 Å². The minimum absolute atomic E-state index is 0.417. The zero-order valence-electron chi connectivity index (χ0n) is 6.19. The highest BCUT2D eigenvalue weighted by molar-refractivity contribution is 4.74. The highest BCUT2D eigenvalue weighted by Gasteiger charge is 1.73. The van der Waals surface area contributed by atoms with Crippen molar-refractivity contribution in [2.75, 3.05) is 0 Å². The van der Waals surface area contributed by atoms with Crippen LogP contribution in [0.25, 0.3) is 0 Å². The van der Waals surface area contributed by atoms with Gasteiger partial charge in [-0.2, -0.15) is 0 Å². The molecule has 1 aromatic rings. The maximum absolute atomic E-state index is 9.53. The van der Waals surface area contributed by atoms with Crippen LogP contribution < -0.4 is 0 Å². The molecule has 1 aromatic heterocycles. The van der Waals surface area contributed by atoms with Gasteiger partial charge in [0.2, 0.25) is 0 Å². The molecule has 1 radical (unpaired) electrons. The minimum Gasteiger partial charge on any atom is -0.245 e. The van der Waals surface area contributed by atoms with Gasteiger partial charge in [-0.05, 0) is 19.9 Å². The predicted octanol–water partition coefficient (Wildman–Crippen LogP) is 1.30. The smallest absolute Gasteiger partial charge is 0.115 e. The molecule has 0 bridgehead atoms. The molecule has 0 N–H and O–H groups in total. The fraction of sp³-hybridized carbons (Fsp3) is 0.429. The third-order valence-electron chi connectivity index (χ3n) is 0.478. The molecule has 0 aliphatic carbocycles. The fourth-order valence-electron chi connectivity index (χ4n) is 0.253. The second-order valence-corrected chi connectivity index (χ2v) is 1.95. The Bertz CT molecular complexity index is 112. The molecule has 0 saturated heterocycles. The molecule has 3 nitrogen and oxygen atoms in total. The molecule has 0 amide bonds. The van der Waals surface area contributed by atoms with Crippen molar-refractivity contribution in [1.29, 1.82) is 0 Å². The molecular formula is C7H11N2O. The Kier molecular flexibility index (Phi) is 5.57. The molecule has 0 unspecified atom stereocenters. The Balaban J connectivity index is 0.000000180.